The Labute approximate surface area is 159 Å². The van der Waals surface area contributed by atoms with Crippen LogP contribution in [0.15, 0.2) is 29.3 Å². The number of para-hydroxylation sites is 1. The summed E-state index contributed by atoms with van der Waals surface area (Å²) in [5, 5.41) is 6.47. The molecular weight excluding hydrogens is 357 g/mol. The average Bonchev–Trinajstić information content (AvgIpc) is 2.64. The predicted molar refractivity (Wildman–Crippen MR) is 101 cm³/mol. The second kappa shape index (κ2) is 9.82. The Kier molecular flexibility index (Phi) is 7.77. The largest absolute Gasteiger partial charge is 0.491 e. The van der Waals surface area contributed by atoms with E-state index in [0.717, 1.165) is 32.0 Å². The second-order valence-electron chi connectivity index (χ2n) is 6.89. The van der Waals surface area contributed by atoms with Gasteiger partial charge < -0.3 is 20.3 Å². The van der Waals surface area contributed by atoms with E-state index < -0.39 is 11.7 Å². The lowest BCUT2D eigenvalue weighted by Crippen LogP contribution is -2.50. The Morgan fingerprint density at radius 2 is 1.93 bits per heavy atom. The molecule has 152 valence electrons. The highest BCUT2D eigenvalue weighted by atomic mass is 19.4. The highest BCUT2D eigenvalue weighted by Crippen LogP contribution is 2.35. The molecule has 0 bridgehead atoms. The number of aliphatic imine (C=N–C) groups is 1. The Balaban J connectivity index is 1.75. The minimum absolute atomic E-state index is 0.111. The van der Waals surface area contributed by atoms with Crippen LogP contribution in [0, 0.1) is 0 Å². The second-order valence-corrected chi connectivity index (χ2v) is 6.89. The van der Waals surface area contributed by atoms with Crippen molar-refractivity contribution in [3.8, 4) is 5.75 Å². The van der Waals surface area contributed by atoms with Crippen LogP contribution in [0.1, 0.15) is 32.3 Å². The van der Waals surface area contributed by atoms with Crippen molar-refractivity contribution in [1.82, 2.24) is 15.5 Å². The molecule has 0 unspecified atom stereocenters. The maximum atomic E-state index is 13.0. The van der Waals surface area contributed by atoms with E-state index in [1.165, 1.54) is 18.2 Å². The van der Waals surface area contributed by atoms with E-state index in [0.29, 0.717) is 24.6 Å². The van der Waals surface area contributed by atoms with Crippen LogP contribution in [0.2, 0.25) is 0 Å². The molecule has 2 N–H and O–H groups in total. The van der Waals surface area contributed by atoms with Crippen LogP contribution in [0.5, 0.6) is 5.75 Å². The zero-order valence-corrected chi connectivity index (χ0v) is 16.1. The lowest BCUT2D eigenvalue weighted by molar-refractivity contribution is -0.138. The van der Waals surface area contributed by atoms with Crippen LogP contribution in [0.25, 0.3) is 0 Å². The Morgan fingerprint density at radius 1 is 1.26 bits per heavy atom. The summed E-state index contributed by atoms with van der Waals surface area (Å²) in [6.07, 6.45) is -2.35. The first-order chi connectivity index (χ1) is 12.8. The number of halogens is 3. The van der Waals surface area contributed by atoms with Crippen LogP contribution in [0.4, 0.5) is 13.2 Å². The van der Waals surface area contributed by atoms with Gasteiger partial charge in [0.2, 0.25) is 0 Å². The topological polar surface area (TPSA) is 48.9 Å². The van der Waals surface area contributed by atoms with Crippen LogP contribution < -0.4 is 15.4 Å². The van der Waals surface area contributed by atoms with E-state index in [4.69, 9.17) is 4.74 Å². The van der Waals surface area contributed by atoms with Crippen LogP contribution in [-0.2, 0) is 6.18 Å². The van der Waals surface area contributed by atoms with Crippen molar-refractivity contribution in [3.63, 3.8) is 0 Å². The molecule has 1 fully saturated rings. The van der Waals surface area contributed by atoms with E-state index in [2.05, 4.69) is 34.4 Å². The highest BCUT2D eigenvalue weighted by Gasteiger charge is 2.33. The molecule has 0 atom stereocenters. The van der Waals surface area contributed by atoms with Gasteiger partial charge in [0.05, 0.1) is 12.1 Å². The summed E-state index contributed by atoms with van der Waals surface area (Å²) in [4.78, 5) is 6.63. The summed E-state index contributed by atoms with van der Waals surface area (Å²) in [6.45, 7) is 6.96. The zero-order chi connectivity index (χ0) is 19.9. The first-order valence-corrected chi connectivity index (χ1v) is 9.31. The normalized spacial score (nSPS) is 17.2. The van der Waals surface area contributed by atoms with Crippen molar-refractivity contribution < 1.29 is 17.9 Å². The van der Waals surface area contributed by atoms with Gasteiger partial charge in [-0.1, -0.05) is 12.1 Å². The molecule has 0 radical (unpaired) electrons. The molecule has 1 aromatic carbocycles. The molecule has 0 amide bonds. The van der Waals surface area contributed by atoms with Gasteiger partial charge in [-0.2, -0.15) is 13.2 Å². The molecule has 0 aromatic heterocycles. The minimum Gasteiger partial charge on any atom is -0.491 e. The minimum atomic E-state index is -4.42. The van der Waals surface area contributed by atoms with Crippen molar-refractivity contribution in [1.29, 1.82) is 0 Å². The lowest BCUT2D eigenvalue weighted by Gasteiger charge is -2.35. The maximum absolute atomic E-state index is 13.0. The van der Waals surface area contributed by atoms with Gasteiger partial charge in [-0.15, -0.1) is 0 Å². The lowest BCUT2D eigenvalue weighted by atomic mass is 10.0. The molecule has 1 heterocycles. The third-order valence-electron chi connectivity index (χ3n) is 4.67. The van der Waals surface area contributed by atoms with Gasteiger partial charge in [0, 0.05) is 32.2 Å². The van der Waals surface area contributed by atoms with Gasteiger partial charge in [0.15, 0.2) is 5.96 Å². The summed E-state index contributed by atoms with van der Waals surface area (Å²) >= 11 is 0. The summed E-state index contributed by atoms with van der Waals surface area (Å²) < 4.78 is 44.2. The quantitative estimate of drug-likeness (QED) is 0.448. The van der Waals surface area contributed by atoms with E-state index in [1.807, 2.05) is 0 Å². The molecule has 1 aromatic rings. The maximum Gasteiger partial charge on any atom is 0.419 e. The number of ether oxygens (including phenoxy) is 1. The van der Waals surface area contributed by atoms with E-state index in [9.17, 15) is 13.2 Å². The third-order valence-corrected chi connectivity index (χ3v) is 4.67. The number of alkyl halides is 3. The van der Waals surface area contributed by atoms with Crippen molar-refractivity contribution in [3.05, 3.63) is 29.8 Å². The number of rotatable bonds is 6. The smallest absolute Gasteiger partial charge is 0.419 e. The molecule has 0 spiro atoms. The number of nitrogens with one attached hydrogen (secondary N) is 2. The fourth-order valence-corrected chi connectivity index (χ4v) is 3.11. The van der Waals surface area contributed by atoms with Crippen LogP contribution in [0.3, 0.4) is 0 Å². The fourth-order valence-electron chi connectivity index (χ4n) is 3.11. The summed E-state index contributed by atoms with van der Waals surface area (Å²) in [6, 6.07) is 6.13. The SMILES string of the molecule is CN=C(NCCOc1ccccc1C(F)(F)F)NC1CCN(C(C)C)CC1. The summed E-state index contributed by atoms with van der Waals surface area (Å²) in [7, 11) is 1.68. The molecule has 1 aliphatic rings. The number of piperidine rings is 1. The van der Waals surface area contributed by atoms with Gasteiger partial charge in [0.1, 0.15) is 12.4 Å². The molecule has 0 saturated carbocycles. The molecule has 0 aliphatic carbocycles. The Morgan fingerprint density at radius 3 is 2.52 bits per heavy atom. The zero-order valence-electron chi connectivity index (χ0n) is 16.1. The monoisotopic (exact) mass is 386 g/mol. The fraction of sp³-hybridized carbons (Fsp3) is 0.632. The molecular formula is C19H29F3N4O. The Bertz CT molecular complexity index is 611. The van der Waals surface area contributed by atoms with E-state index in [-0.39, 0.29) is 12.4 Å². The van der Waals surface area contributed by atoms with Crippen molar-refractivity contribution in [2.45, 2.75) is 44.9 Å². The van der Waals surface area contributed by atoms with Gasteiger partial charge in [-0.25, -0.2) is 0 Å². The molecule has 1 aliphatic heterocycles. The summed E-state index contributed by atoms with van der Waals surface area (Å²) in [5.41, 5.74) is -0.760. The summed E-state index contributed by atoms with van der Waals surface area (Å²) in [5.74, 6) is 0.488. The third kappa shape index (κ3) is 6.61. The van der Waals surface area contributed by atoms with Gasteiger partial charge in [-0.3, -0.25) is 4.99 Å². The molecule has 8 heteroatoms. The first kappa shape index (κ1) is 21.3. The van der Waals surface area contributed by atoms with Crippen molar-refractivity contribution in [2.75, 3.05) is 33.3 Å². The van der Waals surface area contributed by atoms with E-state index >= 15 is 0 Å². The average molecular weight is 386 g/mol. The van der Waals surface area contributed by atoms with Gasteiger partial charge in [-0.05, 0) is 38.8 Å². The molecule has 27 heavy (non-hydrogen) atoms. The van der Waals surface area contributed by atoms with Gasteiger partial charge >= 0.3 is 6.18 Å². The number of likely N-dealkylation sites (tertiary alicyclic amines) is 1. The van der Waals surface area contributed by atoms with Crippen molar-refractivity contribution >= 4 is 5.96 Å². The highest BCUT2D eigenvalue weighted by molar-refractivity contribution is 5.79. The van der Waals surface area contributed by atoms with Crippen molar-refractivity contribution in [2.24, 2.45) is 4.99 Å². The van der Waals surface area contributed by atoms with E-state index in [1.54, 1.807) is 7.05 Å². The number of nitrogens with zero attached hydrogens (tertiary/aromatic N) is 2. The standard InChI is InChI=1S/C19H29F3N4O/c1-14(2)26-11-8-15(9-12-26)25-18(23-3)24-10-13-27-17-7-5-4-6-16(17)19(20,21)22/h4-7,14-15H,8-13H2,1-3H3,(H2,23,24,25). The Hall–Kier alpha value is -1.96. The van der Waals surface area contributed by atoms with Crippen LogP contribution in [-0.4, -0.2) is 56.2 Å². The predicted octanol–water partition coefficient (Wildman–Crippen LogP) is 3.12. The first-order valence-electron chi connectivity index (χ1n) is 9.31. The number of hydrogen-bond acceptors (Lipinski definition) is 3. The number of benzene rings is 1. The molecule has 1 saturated heterocycles. The molecule has 2 rings (SSSR count). The van der Waals surface area contributed by atoms with Gasteiger partial charge in [0.25, 0.3) is 0 Å². The number of hydrogen-bond donors (Lipinski definition) is 2. The number of guanidine groups is 1. The van der Waals surface area contributed by atoms with Crippen LogP contribution >= 0.6 is 0 Å². The molecule has 5 nitrogen and oxygen atoms in total.